The molecule has 5 nitrogen and oxygen atoms in total. The molecule has 0 amide bonds. The van der Waals surface area contributed by atoms with Crippen LogP contribution in [0.1, 0.15) is 45.7 Å². The fourth-order valence-corrected chi connectivity index (χ4v) is 4.32. The SMILES string of the molecule is CCc1ccc(-c2ccc(Cl)cc2F)cc1C1=C(COC(=O)O)C(C)(C)OC(C)(C)C1=O. The highest BCUT2D eigenvalue weighted by Gasteiger charge is 2.47. The van der Waals surface area contributed by atoms with E-state index in [2.05, 4.69) is 0 Å². The maximum atomic E-state index is 14.6. The molecule has 0 saturated carbocycles. The van der Waals surface area contributed by atoms with Gasteiger partial charge >= 0.3 is 6.16 Å². The zero-order chi connectivity index (χ0) is 23.8. The summed E-state index contributed by atoms with van der Waals surface area (Å²) in [6.07, 6.45) is -0.831. The predicted octanol–water partition coefficient (Wildman–Crippen LogP) is 6.31. The summed E-state index contributed by atoms with van der Waals surface area (Å²) in [4.78, 5) is 24.6. The van der Waals surface area contributed by atoms with Crippen LogP contribution in [-0.2, 0) is 20.7 Å². The highest BCUT2D eigenvalue weighted by Crippen LogP contribution is 2.43. The minimum atomic E-state index is -1.45. The Balaban J connectivity index is 2.30. The molecule has 0 bridgehead atoms. The number of ketones is 1. The van der Waals surface area contributed by atoms with E-state index in [4.69, 9.17) is 26.2 Å². The summed E-state index contributed by atoms with van der Waals surface area (Å²) in [6.45, 7) is 8.55. The third-order valence-corrected chi connectivity index (χ3v) is 5.89. The Morgan fingerprint density at radius 3 is 2.38 bits per heavy atom. The van der Waals surface area contributed by atoms with Gasteiger partial charge in [0.1, 0.15) is 18.0 Å². The Morgan fingerprint density at radius 1 is 1.09 bits per heavy atom. The number of halogens is 2. The Hall–Kier alpha value is -2.70. The van der Waals surface area contributed by atoms with Crippen LogP contribution in [-0.4, -0.2) is 34.9 Å². The summed E-state index contributed by atoms with van der Waals surface area (Å²) < 4.78 is 25.5. The van der Waals surface area contributed by atoms with Crippen LogP contribution >= 0.6 is 11.6 Å². The van der Waals surface area contributed by atoms with Gasteiger partial charge < -0.3 is 14.6 Å². The second kappa shape index (κ2) is 8.68. The van der Waals surface area contributed by atoms with Crippen LogP contribution in [0, 0.1) is 5.82 Å². The van der Waals surface area contributed by atoms with E-state index >= 15 is 0 Å². The fraction of sp³-hybridized carbons (Fsp3) is 0.360. The fourth-order valence-electron chi connectivity index (χ4n) is 4.16. The first-order valence-electron chi connectivity index (χ1n) is 10.3. The van der Waals surface area contributed by atoms with E-state index in [9.17, 15) is 14.0 Å². The number of carbonyl (C=O) groups excluding carboxylic acids is 1. The molecule has 2 aromatic carbocycles. The largest absolute Gasteiger partial charge is 0.506 e. The molecule has 0 unspecified atom stereocenters. The highest BCUT2D eigenvalue weighted by molar-refractivity contribution is 6.30. The van der Waals surface area contributed by atoms with Gasteiger partial charge in [0.15, 0.2) is 5.78 Å². The number of carbonyl (C=O) groups is 2. The molecule has 0 aromatic heterocycles. The summed E-state index contributed by atoms with van der Waals surface area (Å²) >= 11 is 5.90. The van der Waals surface area contributed by atoms with Gasteiger partial charge in [-0.15, -0.1) is 0 Å². The van der Waals surface area contributed by atoms with Crippen LogP contribution < -0.4 is 0 Å². The van der Waals surface area contributed by atoms with E-state index in [0.717, 1.165) is 5.56 Å². The lowest BCUT2D eigenvalue weighted by atomic mass is 9.77. The average Bonchev–Trinajstić information content (AvgIpc) is 2.68. The van der Waals surface area contributed by atoms with Gasteiger partial charge in [-0.1, -0.05) is 30.7 Å². The van der Waals surface area contributed by atoms with E-state index in [-0.39, 0.29) is 17.4 Å². The molecule has 0 radical (unpaired) electrons. The van der Waals surface area contributed by atoms with Gasteiger partial charge in [-0.2, -0.15) is 0 Å². The van der Waals surface area contributed by atoms with Gasteiger partial charge in [-0.3, -0.25) is 4.79 Å². The minimum Gasteiger partial charge on any atom is -0.450 e. The van der Waals surface area contributed by atoms with E-state index in [1.165, 1.54) is 6.07 Å². The molecule has 170 valence electrons. The average molecular weight is 461 g/mol. The van der Waals surface area contributed by atoms with Gasteiger partial charge in [0, 0.05) is 21.7 Å². The highest BCUT2D eigenvalue weighted by atomic mass is 35.5. The van der Waals surface area contributed by atoms with Crippen molar-refractivity contribution in [2.24, 2.45) is 0 Å². The molecular formula is C25H26ClFO5. The summed E-state index contributed by atoms with van der Waals surface area (Å²) in [5, 5.41) is 9.35. The molecule has 3 rings (SSSR count). The van der Waals surface area contributed by atoms with Crippen molar-refractivity contribution in [3.05, 3.63) is 63.9 Å². The Bertz CT molecular complexity index is 1120. The number of ether oxygens (including phenoxy) is 2. The molecule has 1 aliphatic rings. The predicted molar refractivity (Wildman–Crippen MR) is 121 cm³/mol. The van der Waals surface area contributed by atoms with Crippen LogP contribution in [0.25, 0.3) is 16.7 Å². The van der Waals surface area contributed by atoms with Gasteiger partial charge in [0.05, 0.1) is 5.60 Å². The third-order valence-electron chi connectivity index (χ3n) is 5.65. The number of benzene rings is 2. The molecule has 0 aliphatic carbocycles. The van der Waals surface area contributed by atoms with Gasteiger partial charge in [-0.25, -0.2) is 9.18 Å². The molecule has 1 heterocycles. The quantitative estimate of drug-likeness (QED) is 0.529. The molecule has 2 aromatic rings. The lowest BCUT2D eigenvalue weighted by Crippen LogP contribution is -2.50. The van der Waals surface area contributed by atoms with Crippen LogP contribution in [0.15, 0.2) is 42.0 Å². The molecule has 1 aliphatic heterocycles. The standard InChI is InChI=1S/C25H26ClFO5/c1-6-14-7-8-15(17-10-9-16(26)12-20(17)27)11-18(14)21-19(13-31-23(29)30)24(2,3)32-25(4,5)22(21)28/h7-12H,6,13H2,1-5H3,(H,29,30). The molecule has 0 atom stereocenters. The smallest absolute Gasteiger partial charge is 0.450 e. The Kier molecular flexibility index (Phi) is 6.50. The normalized spacial score (nSPS) is 17.4. The zero-order valence-electron chi connectivity index (χ0n) is 18.7. The monoisotopic (exact) mass is 460 g/mol. The molecule has 32 heavy (non-hydrogen) atoms. The number of aryl methyl sites for hydroxylation is 1. The number of hydrogen-bond acceptors (Lipinski definition) is 4. The van der Waals surface area contributed by atoms with Crippen molar-refractivity contribution in [1.29, 1.82) is 0 Å². The molecule has 0 spiro atoms. The summed E-state index contributed by atoms with van der Waals surface area (Å²) in [7, 11) is 0. The zero-order valence-corrected chi connectivity index (χ0v) is 19.5. The van der Waals surface area contributed by atoms with Crippen molar-refractivity contribution in [1.82, 2.24) is 0 Å². The summed E-state index contributed by atoms with van der Waals surface area (Å²) in [6, 6.07) is 9.83. The number of carboxylic acid groups (broad SMARTS) is 1. The number of Topliss-reactive ketones (excluding diaryl/α,β-unsaturated/α-hetero) is 1. The minimum absolute atomic E-state index is 0.288. The van der Waals surface area contributed by atoms with Crippen molar-refractivity contribution in [2.45, 2.75) is 52.2 Å². The first kappa shape index (κ1) is 24.0. The van der Waals surface area contributed by atoms with Crippen LogP contribution in [0.2, 0.25) is 5.02 Å². The number of rotatable bonds is 5. The van der Waals surface area contributed by atoms with Gasteiger partial charge in [0.25, 0.3) is 0 Å². The lowest BCUT2D eigenvalue weighted by Gasteiger charge is -2.43. The lowest BCUT2D eigenvalue weighted by molar-refractivity contribution is -0.153. The Labute approximate surface area is 191 Å². The molecule has 7 heteroatoms. The number of hydrogen-bond donors (Lipinski definition) is 1. The molecule has 0 saturated heterocycles. The molecule has 0 fully saturated rings. The topological polar surface area (TPSA) is 72.8 Å². The maximum Gasteiger partial charge on any atom is 0.506 e. The molecule has 1 N–H and O–H groups in total. The van der Waals surface area contributed by atoms with Crippen LogP contribution in [0.4, 0.5) is 9.18 Å². The van der Waals surface area contributed by atoms with Crippen molar-refractivity contribution >= 4 is 29.1 Å². The Morgan fingerprint density at radius 2 is 1.78 bits per heavy atom. The van der Waals surface area contributed by atoms with Crippen molar-refractivity contribution in [2.75, 3.05) is 6.61 Å². The van der Waals surface area contributed by atoms with Gasteiger partial charge in [-0.05, 0) is 75.1 Å². The second-order valence-corrected chi connectivity index (χ2v) is 9.15. The van der Waals surface area contributed by atoms with Crippen molar-refractivity contribution < 1.29 is 28.6 Å². The first-order chi connectivity index (χ1) is 14.9. The van der Waals surface area contributed by atoms with E-state index in [0.29, 0.717) is 34.3 Å². The van der Waals surface area contributed by atoms with Gasteiger partial charge in [0.2, 0.25) is 0 Å². The summed E-state index contributed by atoms with van der Waals surface area (Å²) in [5.41, 5.74) is 1.07. The first-order valence-corrected chi connectivity index (χ1v) is 10.7. The van der Waals surface area contributed by atoms with E-state index in [1.807, 2.05) is 13.0 Å². The van der Waals surface area contributed by atoms with E-state index in [1.54, 1.807) is 52.0 Å². The third kappa shape index (κ3) is 4.57. The maximum absolute atomic E-state index is 14.6. The van der Waals surface area contributed by atoms with Crippen LogP contribution in [0.5, 0.6) is 0 Å². The summed E-state index contributed by atoms with van der Waals surface area (Å²) in [5.74, 6) is -0.765. The van der Waals surface area contributed by atoms with Crippen LogP contribution in [0.3, 0.4) is 0 Å². The second-order valence-electron chi connectivity index (χ2n) is 8.71. The van der Waals surface area contributed by atoms with Crippen molar-refractivity contribution in [3.63, 3.8) is 0 Å². The van der Waals surface area contributed by atoms with E-state index < -0.39 is 23.2 Å². The van der Waals surface area contributed by atoms with Crippen molar-refractivity contribution in [3.8, 4) is 11.1 Å². The molecular weight excluding hydrogens is 435 g/mol.